The Morgan fingerprint density at radius 2 is 2.00 bits per heavy atom. The summed E-state index contributed by atoms with van der Waals surface area (Å²) < 4.78 is 20.1. The zero-order valence-electron chi connectivity index (χ0n) is 19.0. The molecule has 1 aromatic heterocycles. The van der Waals surface area contributed by atoms with Crippen LogP contribution in [0.3, 0.4) is 0 Å². The van der Waals surface area contributed by atoms with Crippen molar-refractivity contribution in [2.75, 3.05) is 33.5 Å². The summed E-state index contributed by atoms with van der Waals surface area (Å²) in [5, 5.41) is 17.4. The van der Waals surface area contributed by atoms with E-state index in [1.54, 1.807) is 26.3 Å². The highest BCUT2D eigenvalue weighted by Crippen LogP contribution is 2.22. The van der Waals surface area contributed by atoms with Gasteiger partial charge in [0, 0.05) is 32.7 Å². The van der Waals surface area contributed by atoms with Crippen molar-refractivity contribution in [2.24, 2.45) is 4.99 Å². The van der Waals surface area contributed by atoms with Gasteiger partial charge in [0.1, 0.15) is 29.0 Å². The molecule has 172 valence electrons. The van der Waals surface area contributed by atoms with Crippen LogP contribution in [0.5, 0.6) is 5.75 Å². The number of halogens is 1. The van der Waals surface area contributed by atoms with Crippen molar-refractivity contribution in [3.8, 4) is 17.5 Å². The third kappa shape index (κ3) is 5.60. The third-order valence-electron chi connectivity index (χ3n) is 5.22. The zero-order chi connectivity index (χ0) is 23.8. The number of nitrogen functional groups attached to an aromatic ring is 1. The fourth-order valence-corrected chi connectivity index (χ4v) is 3.56. The van der Waals surface area contributed by atoms with Gasteiger partial charge in [0.2, 0.25) is 0 Å². The van der Waals surface area contributed by atoms with Gasteiger partial charge in [0.05, 0.1) is 18.5 Å². The number of benzene rings is 2. The largest absolute Gasteiger partial charge is 0.496 e. The molecule has 0 amide bonds. The lowest BCUT2D eigenvalue weighted by molar-refractivity contribution is 0.396. The molecule has 0 fully saturated rings. The minimum atomic E-state index is -0.347. The number of nitriles is 1. The Labute approximate surface area is 193 Å². The second-order valence-electron chi connectivity index (χ2n) is 7.45. The van der Waals surface area contributed by atoms with Crippen molar-refractivity contribution in [1.29, 1.82) is 5.26 Å². The van der Waals surface area contributed by atoms with Crippen LogP contribution >= 0.6 is 0 Å². The maximum atomic E-state index is 13.2. The molecule has 0 saturated carbocycles. The van der Waals surface area contributed by atoms with E-state index in [1.807, 2.05) is 36.2 Å². The van der Waals surface area contributed by atoms with Crippen molar-refractivity contribution in [3.05, 3.63) is 71.2 Å². The average Bonchev–Trinajstić information content (AvgIpc) is 3.14. The number of nitrogens with zero attached hydrogens (tertiary/aromatic N) is 5. The molecule has 0 spiro atoms. The zero-order valence-corrected chi connectivity index (χ0v) is 19.0. The average molecular weight is 450 g/mol. The highest BCUT2D eigenvalue weighted by molar-refractivity contribution is 5.79. The molecule has 2 aromatic carbocycles. The number of aryl methyl sites for hydroxylation is 1. The fourth-order valence-electron chi connectivity index (χ4n) is 3.56. The van der Waals surface area contributed by atoms with Crippen LogP contribution in [0.25, 0.3) is 5.69 Å². The van der Waals surface area contributed by atoms with E-state index in [0.29, 0.717) is 36.5 Å². The Morgan fingerprint density at radius 3 is 2.67 bits per heavy atom. The van der Waals surface area contributed by atoms with Gasteiger partial charge in [-0.2, -0.15) is 10.4 Å². The van der Waals surface area contributed by atoms with Crippen LogP contribution in [0.2, 0.25) is 0 Å². The number of nitrogens with two attached hydrogens (primary N) is 1. The number of aromatic nitrogens is 2. The summed E-state index contributed by atoms with van der Waals surface area (Å²) in [7, 11) is 5.35. The molecule has 0 aliphatic carbocycles. The first-order valence-electron chi connectivity index (χ1n) is 10.6. The number of aliphatic imine (C=N–C) groups is 1. The quantitative estimate of drug-likeness (QED) is 0.311. The molecule has 0 saturated heterocycles. The van der Waals surface area contributed by atoms with Gasteiger partial charge in [0.25, 0.3) is 0 Å². The first-order valence-corrected chi connectivity index (χ1v) is 10.6. The first kappa shape index (κ1) is 23.6. The normalized spacial score (nSPS) is 11.2. The van der Waals surface area contributed by atoms with E-state index in [2.05, 4.69) is 21.5 Å². The van der Waals surface area contributed by atoms with E-state index in [-0.39, 0.29) is 11.6 Å². The van der Waals surface area contributed by atoms with Crippen molar-refractivity contribution < 1.29 is 9.13 Å². The number of ether oxygens (including phenoxy) is 1. The molecule has 9 heteroatoms. The number of para-hydroxylation sites is 1. The highest BCUT2D eigenvalue weighted by Gasteiger charge is 2.16. The van der Waals surface area contributed by atoms with Crippen LogP contribution in [0.1, 0.15) is 23.2 Å². The Hall–Kier alpha value is -4.06. The molecule has 3 N–H and O–H groups in total. The molecule has 1 heterocycles. The topological polar surface area (TPSA) is 104 Å². The summed E-state index contributed by atoms with van der Waals surface area (Å²) in [4.78, 5) is 6.36. The molecule has 8 nitrogen and oxygen atoms in total. The molecule has 0 aliphatic rings. The van der Waals surface area contributed by atoms with Gasteiger partial charge in [-0.05, 0) is 43.2 Å². The van der Waals surface area contributed by atoms with Crippen molar-refractivity contribution in [3.63, 3.8) is 0 Å². The third-order valence-corrected chi connectivity index (χ3v) is 5.22. The second kappa shape index (κ2) is 11.0. The minimum Gasteiger partial charge on any atom is -0.496 e. The monoisotopic (exact) mass is 449 g/mol. The van der Waals surface area contributed by atoms with Gasteiger partial charge in [-0.15, -0.1) is 0 Å². The minimum absolute atomic E-state index is 0.249. The summed E-state index contributed by atoms with van der Waals surface area (Å²) in [6.07, 6.45) is 1.28. The number of guanidine groups is 1. The van der Waals surface area contributed by atoms with E-state index in [4.69, 9.17) is 10.5 Å². The Balaban J connectivity index is 1.60. The van der Waals surface area contributed by atoms with Gasteiger partial charge >= 0.3 is 0 Å². The number of rotatable bonds is 8. The summed E-state index contributed by atoms with van der Waals surface area (Å²) in [5.41, 5.74) is 8.75. The maximum Gasteiger partial charge on any atom is 0.193 e. The second-order valence-corrected chi connectivity index (χ2v) is 7.45. The summed E-state index contributed by atoms with van der Waals surface area (Å²) >= 11 is 0. The number of hydrogen-bond acceptors (Lipinski definition) is 5. The molecule has 3 rings (SSSR count). The predicted octanol–water partition coefficient (Wildman–Crippen LogP) is 3.11. The molecule has 0 unspecified atom stereocenters. The number of hydrogen-bond donors (Lipinski definition) is 2. The van der Waals surface area contributed by atoms with Gasteiger partial charge < -0.3 is 20.7 Å². The lowest BCUT2D eigenvalue weighted by Gasteiger charge is -2.23. The van der Waals surface area contributed by atoms with E-state index in [1.165, 1.54) is 16.8 Å². The first-order chi connectivity index (χ1) is 16.0. The molecule has 0 bridgehead atoms. The molecule has 0 atom stereocenters. The molecule has 3 aromatic rings. The molecule has 33 heavy (non-hydrogen) atoms. The lowest BCUT2D eigenvalue weighted by Crippen LogP contribution is -2.39. The smallest absolute Gasteiger partial charge is 0.193 e. The Bertz CT molecular complexity index is 1150. The number of nitrogens with one attached hydrogen (secondary N) is 1. The highest BCUT2D eigenvalue weighted by atomic mass is 19.1. The van der Waals surface area contributed by atoms with E-state index in [9.17, 15) is 9.65 Å². The van der Waals surface area contributed by atoms with Crippen LogP contribution < -0.4 is 15.8 Å². The van der Waals surface area contributed by atoms with Gasteiger partial charge in [-0.1, -0.05) is 18.2 Å². The van der Waals surface area contributed by atoms with Gasteiger partial charge in [0.15, 0.2) is 5.96 Å². The van der Waals surface area contributed by atoms with Crippen molar-refractivity contribution >= 4 is 11.8 Å². The molecular weight excluding hydrogens is 421 g/mol. The Morgan fingerprint density at radius 1 is 1.27 bits per heavy atom. The lowest BCUT2D eigenvalue weighted by atomic mass is 10.1. The van der Waals surface area contributed by atoms with Crippen LogP contribution in [-0.2, 0) is 13.0 Å². The molecular formula is C24H28FN7O. The number of anilines is 1. The fraction of sp³-hybridized carbons (Fsp3) is 0.292. The van der Waals surface area contributed by atoms with E-state index >= 15 is 0 Å². The van der Waals surface area contributed by atoms with Gasteiger partial charge in [-0.25, -0.2) is 9.07 Å². The van der Waals surface area contributed by atoms with Crippen molar-refractivity contribution in [1.82, 2.24) is 20.0 Å². The standard InChI is InChI=1S/C24H28FN7O/c1-28-24(31(2)16-17-7-4-5-9-22(17)33-3)29-14-6-8-21-20(15-26)23(27)32(30-21)19-12-10-18(25)11-13-19/h4-5,7,9-13H,6,8,14,16,27H2,1-3H3,(H,28,29). The number of methoxy groups -OCH3 is 1. The summed E-state index contributed by atoms with van der Waals surface area (Å²) in [5.74, 6) is 1.48. The van der Waals surface area contributed by atoms with Crippen LogP contribution in [-0.4, -0.2) is 48.4 Å². The van der Waals surface area contributed by atoms with Crippen LogP contribution in [0, 0.1) is 17.1 Å². The van der Waals surface area contributed by atoms with Crippen molar-refractivity contribution in [2.45, 2.75) is 19.4 Å². The van der Waals surface area contributed by atoms with Gasteiger partial charge in [-0.3, -0.25) is 4.99 Å². The van der Waals surface area contributed by atoms with E-state index < -0.39 is 0 Å². The molecule has 0 radical (unpaired) electrons. The SMILES string of the molecule is CN=C(NCCCc1nn(-c2ccc(F)cc2)c(N)c1C#N)N(C)Cc1ccccc1OC. The summed E-state index contributed by atoms with van der Waals surface area (Å²) in [6, 6.07) is 15.8. The van der Waals surface area contributed by atoms with Crippen LogP contribution in [0.4, 0.5) is 10.2 Å². The van der Waals surface area contributed by atoms with E-state index in [0.717, 1.165) is 23.7 Å². The Kier molecular flexibility index (Phi) is 7.86. The van der Waals surface area contributed by atoms with Crippen LogP contribution in [0.15, 0.2) is 53.5 Å². The maximum absolute atomic E-state index is 13.2. The summed E-state index contributed by atoms with van der Waals surface area (Å²) in [6.45, 7) is 1.28. The predicted molar refractivity (Wildman–Crippen MR) is 127 cm³/mol. The molecule has 0 aliphatic heterocycles.